The summed E-state index contributed by atoms with van der Waals surface area (Å²) in [5, 5.41) is 13.2. The van der Waals surface area contributed by atoms with Crippen LogP contribution < -0.4 is 5.32 Å². The zero-order valence-electron chi connectivity index (χ0n) is 12.5. The molecule has 0 radical (unpaired) electrons. The van der Waals surface area contributed by atoms with E-state index < -0.39 is 12.1 Å². The Bertz CT molecular complexity index is 432. The number of hydrogen-bond donors (Lipinski definition) is 2. The molecule has 2 unspecified atom stereocenters. The number of carbonyl (C=O) groups is 1. The van der Waals surface area contributed by atoms with E-state index in [1.165, 1.54) is 20.0 Å². The van der Waals surface area contributed by atoms with E-state index in [0.717, 1.165) is 18.7 Å². The number of methoxy groups -OCH3 is 1. The summed E-state index contributed by atoms with van der Waals surface area (Å²) in [6.07, 6.45) is 1.92. The summed E-state index contributed by atoms with van der Waals surface area (Å²) >= 11 is 0. The van der Waals surface area contributed by atoms with Crippen molar-refractivity contribution in [2.45, 2.75) is 25.0 Å². The molecule has 0 bridgehead atoms. The molecule has 21 heavy (non-hydrogen) atoms. The number of ether oxygens (including phenoxy) is 1. The average molecular weight is 292 g/mol. The highest BCUT2D eigenvalue weighted by Crippen LogP contribution is 2.14. The quantitative estimate of drug-likeness (QED) is 0.733. The summed E-state index contributed by atoms with van der Waals surface area (Å²) in [5.41, 5.74) is 0.845. The third-order valence-corrected chi connectivity index (χ3v) is 3.80. The van der Waals surface area contributed by atoms with Crippen LogP contribution in [0.5, 0.6) is 0 Å². The first-order valence-corrected chi connectivity index (χ1v) is 7.47. The first-order valence-electron chi connectivity index (χ1n) is 7.47. The Labute approximate surface area is 125 Å². The van der Waals surface area contributed by atoms with Crippen LogP contribution in [0.15, 0.2) is 30.3 Å². The van der Waals surface area contributed by atoms with Gasteiger partial charge in [0, 0.05) is 13.1 Å². The fourth-order valence-electron chi connectivity index (χ4n) is 2.68. The number of aliphatic hydroxyl groups is 1. The van der Waals surface area contributed by atoms with E-state index in [-0.39, 0.29) is 5.97 Å². The van der Waals surface area contributed by atoms with Gasteiger partial charge in [0.2, 0.25) is 0 Å². The average Bonchev–Trinajstić information content (AvgIpc) is 3.01. The molecule has 2 N–H and O–H groups in total. The first-order chi connectivity index (χ1) is 10.2. The number of carbonyl (C=O) groups excluding carboxylic acids is 1. The lowest BCUT2D eigenvalue weighted by molar-refractivity contribution is -0.143. The monoisotopic (exact) mass is 292 g/mol. The molecule has 0 aromatic heterocycles. The minimum Gasteiger partial charge on any atom is -0.468 e. The zero-order chi connectivity index (χ0) is 15.1. The lowest BCUT2D eigenvalue weighted by Gasteiger charge is -2.22. The number of likely N-dealkylation sites (tertiary alicyclic amines) is 1. The lowest BCUT2D eigenvalue weighted by Crippen LogP contribution is -2.40. The van der Waals surface area contributed by atoms with E-state index in [9.17, 15) is 9.90 Å². The van der Waals surface area contributed by atoms with Gasteiger partial charge in [-0.25, -0.2) is 4.79 Å². The SMILES string of the molecule is COC(=O)C(NCC(O)CN1CCCC1)c1ccccc1. The van der Waals surface area contributed by atoms with E-state index in [1.807, 2.05) is 30.3 Å². The van der Waals surface area contributed by atoms with Gasteiger partial charge in [-0.15, -0.1) is 0 Å². The predicted molar refractivity (Wildman–Crippen MR) is 80.9 cm³/mol. The van der Waals surface area contributed by atoms with Gasteiger partial charge in [-0.3, -0.25) is 5.32 Å². The minimum absolute atomic E-state index is 0.338. The Morgan fingerprint density at radius 1 is 1.33 bits per heavy atom. The standard InChI is InChI=1S/C16H24N2O3/c1-21-16(20)15(13-7-3-2-4-8-13)17-11-14(19)12-18-9-5-6-10-18/h2-4,7-8,14-15,17,19H,5-6,9-12H2,1H3. The second-order valence-electron chi connectivity index (χ2n) is 5.44. The van der Waals surface area contributed by atoms with Crippen LogP contribution in [0, 0.1) is 0 Å². The number of benzene rings is 1. The lowest BCUT2D eigenvalue weighted by atomic mass is 10.1. The number of rotatable bonds is 7. The summed E-state index contributed by atoms with van der Waals surface area (Å²) in [5.74, 6) is -0.338. The summed E-state index contributed by atoms with van der Waals surface area (Å²) in [4.78, 5) is 14.1. The Balaban J connectivity index is 1.88. The Hall–Kier alpha value is -1.43. The molecule has 2 rings (SSSR count). The van der Waals surface area contributed by atoms with Gasteiger partial charge in [0.25, 0.3) is 0 Å². The molecule has 1 heterocycles. The fraction of sp³-hybridized carbons (Fsp3) is 0.562. The highest BCUT2D eigenvalue weighted by Gasteiger charge is 2.22. The Morgan fingerprint density at radius 2 is 2.00 bits per heavy atom. The van der Waals surface area contributed by atoms with E-state index in [2.05, 4.69) is 10.2 Å². The largest absolute Gasteiger partial charge is 0.468 e. The maximum Gasteiger partial charge on any atom is 0.327 e. The second kappa shape index (κ2) is 8.12. The van der Waals surface area contributed by atoms with E-state index in [4.69, 9.17) is 4.74 Å². The number of esters is 1. The van der Waals surface area contributed by atoms with Crippen molar-refractivity contribution in [3.05, 3.63) is 35.9 Å². The van der Waals surface area contributed by atoms with Crippen LogP contribution in [0.1, 0.15) is 24.4 Å². The van der Waals surface area contributed by atoms with Crippen molar-refractivity contribution in [3.63, 3.8) is 0 Å². The summed E-state index contributed by atoms with van der Waals surface area (Å²) in [7, 11) is 1.38. The number of hydrogen-bond acceptors (Lipinski definition) is 5. The van der Waals surface area contributed by atoms with E-state index in [1.54, 1.807) is 0 Å². The molecule has 1 aliphatic heterocycles. The van der Waals surface area contributed by atoms with Gasteiger partial charge in [0.1, 0.15) is 6.04 Å². The van der Waals surface area contributed by atoms with Crippen LogP contribution in [-0.2, 0) is 9.53 Å². The van der Waals surface area contributed by atoms with Crippen LogP contribution in [0.25, 0.3) is 0 Å². The van der Waals surface area contributed by atoms with Crippen LogP contribution in [-0.4, -0.2) is 55.4 Å². The van der Waals surface area contributed by atoms with Crippen LogP contribution >= 0.6 is 0 Å². The zero-order valence-corrected chi connectivity index (χ0v) is 12.5. The van der Waals surface area contributed by atoms with Gasteiger partial charge < -0.3 is 14.7 Å². The predicted octanol–water partition coefficient (Wildman–Crippen LogP) is 0.947. The van der Waals surface area contributed by atoms with Crippen molar-refractivity contribution in [1.29, 1.82) is 0 Å². The molecule has 2 atom stereocenters. The molecule has 0 amide bonds. The van der Waals surface area contributed by atoms with Gasteiger partial charge >= 0.3 is 5.97 Å². The normalized spacial score (nSPS) is 18.4. The molecular formula is C16H24N2O3. The highest BCUT2D eigenvalue weighted by atomic mass is 16.5. The van der Waals surface area contributed by atoms with Crippen LogP contribution in [0.4, 0.5) is 0 Å². The Kier molecular flexibility index (Phi) is 6.17. The molecule has 1 fully saturated rings. The Morgan fingerprint density at radius 3 is 2.62 bits per heavy atom. The van der Waals surface area contributed by atoms with Crippen molar-refractivity contribution in [1.82, 2.24) is 10.2 Å². The number of β-amino-alcohol motifs (C(OH)–C–C–N with tert-alkyl or cyclic N) is 1. The van der Waals surface area contributed by atoms with Gasteiger partial charge in [-0.1, -0.05) is 30.3 Å². The van der Waals surface area contributed by atoms with Gasteiger partial charge in [0.15, 0.2) is 0 Å². The molecule has 0 saturated carbocycles. The van der Waals surface area contributed by atoms with Crippen molar-refractivity contribution < 1.29 is 14.6 Å². The number of aliphatic hydroxyl groups excluding tert-OH is 1. The van der Waals surface area contributed by atoms with Crippen molar-refractivity contribution in [2.24, 2.45) is 0 Å². The molecule has 5 heteroatoms. The van der Waals surface area contributed by atoms with Crippen molar-refractivity contribution in [2.75, 3.05) is 33.3 Å². The topological polar surface area (TPSA) is 61.8 Å². The molecule has 5 nitrogen and oxygen atoms in total. The number of nitrogens with zero attached hydrogens (tertiary/aromatic N) is 1. The second-order valence-corrected chi connectivity index (χ2v) is 5.44. The first kappa shape index (κ1) is 15.9. The summed E-state index contributed by atoms with van der Waals surface area (Å²) < 4.78 is 4.84. The smallest absolute Gasteiger partial charge is 0.327 e. The maximum atomic E-state index is 11.9. The molecule has 1 aromatic carbocycles. The molecule has 116 valence electrons. The molecular weight excluding hydrogens is 268 g/mol. The van der Waals surface area contributed by atoms with Crippen LogP contribution in [0.2, 0.25) is 0 Å². The molecule has 1 aliphatic rings. The third-order valence-electron chi connectivity index (χ3n) is 3.80. The maximum absolute atomic E-state index is 11.9. The number of nitrogens with one attached hydrogen (secondary N) is 1. The summed E-state index contributed by atoms with van der Waals surface area (Å²) in [6, 6.07) is 8.88. The minimum atomic E-state index is -0.538. The van der Waals surface area contributed by atoms with Gasteiger partial charge in [-0.2, -0.15) is 0 Å². The summed E-state index contributed by atoms with van der Waals surface area (Å²) in [6.45, 7) is 3.12. The highest BCUT2D eigenvalue weighted by molar-refractivity contribution is 5.77. The van der Waals surface area contributed by atoms with Crippen molar-refractivity contribution in [3.8, 4) is 0 Å². The molecule has 1 aromatic rings. The van der Waals surface area contributed by atoms with E-state index in [0.29, 0.717) is 13.1 Å². The van der Waals surface area contributed by atoms with Crippen LogP contribution in [0.3, 0.4) is 0 Å². The van der Waals surface area contributed by atoms with Gasteiger partial charge in [-0.05, 0) is 31.5 Å². The van der Waals surface area contributed by atoms with Crippen molar-refractivity contribution >= 4 is 5.97 Å². The third kappa shape index (κ3) is 4.81. The van der Waals surface area contributed by atoms with E-state index >= 15 is 0 Å². The van der Waals surface area contributed by atoms with Gasteiger partial charge in [0.05, 0.1) is 13.2 Å². The molecule has 0 aliphatic carbocycles. The molecule has 1 saturated heterocycles. The molecule has 0 spiro atoms. The fourth-order valence-corrected chi connectivity index (χ4v) is 2.68.